The number of aliphatic carboxylic acids is 1. The number of carbonyl (C=O) groups is 1. The van der Waals surface area contributed by atoms with E-state index in [2.05, 4.69) is 15.1 Å². The average molecular weight is 280 g/mol. The van der Waals surface area contributed by atoms with Gasteiger partial charge in [0.05, 0.1) is 13.0 Å². The Morgan fingerprint density at radius 3 is 2.50 bits per heavy atom. The van der Waals surface area contributed by atoms with Gasteiger partial charge in [-0.1, -0.05) is 19.3 Å². The fourth-order valence-corrected chi connectivity index (χ4v) is 3.15. The van der Waals surface area contributed by atoms with E-state index in [-0.39, 0.29) is 12.0 Å². The van der Waals surface area contributed by atoms with Crippen LogP contribution in [0.5, 0.6) is 0 Å². The predicted molar refractivity (Wildman–Crippen MR) is 75.3 cm³/mol. The molecule has 1 aromatic heterocycles. The Kier molecular flexibility index (Phi) is 4.42. The third-order valence-corrected chi connectivity index (χ3v) is 4.64. The normalized spacial score (nSPS) is 18.4. The lowest BCUT2D eigenvalue weighted by molar-refractivity contribution is -0.141. The second kappa shape index (κ2) is 5.91. The van der Waals surface area contributed by atoms with Crippen LogP contribution in [0, 0.1) is 6.92 Å². The van der Waals surface area contributed by atoms with Gasteiger partial charge < -0.3 is 9.67 Å². The second-order valence-corrected chi connectivity index (χ2v) is 5.93. The first-order chi connectivity index (χ1) is 9.44. The van der Waals surface area contributed by atoms with Gasteiger partial charge in [0, 0.05) is 12.6 Å². The van der Waals surface area contributed by atoms with Crippen molar-refractivity contribution in [1.29, 1.82) is 0 Å². The van der Waals surface area contributed by atoms with Crippen LogP contribution in [0.15, 0.2) is 0 Å². The molecule has 0 aliphatic heterocycles. The molecule has 0 spiro atoms. The maximum absolute atomic E-state index is 11.2. The first kappa shape index (κ1) is 15.0. The van der Waals surface area contributed by atoms with Crippen molar-refractivity contribution in [3.63, 3.8) is 0 Å². The summed E-state index contributed by atoms with van der Waals surface area (Å²) in [6, 6.07) is 0. The number of aryl methyl sites for hydroxylation is 1. The standard InChI is InChI=1S/C14H24N4O2/c1-11-15-16-12(18(11)3)10-17(2)14(9-13(19)20)7-5-4-6-8-14/h4-10H2,1-3H3,(H,19,20). The molecule has 0 radical (unpaired) electrons. The van der Waals surface area contributed by atoms with Crippen molar-refractivity contribution < 1.29 is 9.90 Å². The van der Waals surface area contributed by atoms with Crippen LogP contribution in [0.25, 0.3) is 0 Å². The minimum atomic E-state index is -0.715. The van der Waals surface area contributed by atoms with Crippen molar-refractivity contribution in [3.8, 4) is 0 Å². The van der Waals surface area contributed by atoms with E-state index in [1.54, 1.807) is 0 Å². The quantitative estimate of drug-likeness (QED) is 0.889. The van der Waals surface area contributed by atoms with Crippen LogP contribution >= 0.6 is 0 Å². The molecule has 6 heteroatoms. The lowest BCUT2D eigenvalue weighted by Gasteiger charge is -2.43. The van der Waals surface area contributed by atoms with Gasteiger partial charge >= 0.3 is 5.97 Å². The van der Waals surface area contributed by atoms with E-state index in [0.717, 1.165) is 37.3 Å². The maximum Gasteiger partial charge on any atom is 0.305 e. The molecule has 1 heterocycles. The Balaban J connectivity index is 2.15. The van der Waals surface area contributed by atoms with E-state index in [0.29, 0.717) is 6.54 Å². The molecule has 1 saturated carbocycles. The summed E-state index contributed by atoms with van der Waals surface area (Å²) < 4.78 is 1.97. The highest BCUT2D eigenvalue weighted by molar-refractivity contribution is 5.68. The zero-order chi connectivity index (χ0) is 14.8. The maximum atomic E-state index is 11.2. The summed E-state index contributed by atoms with van der Waals surface area (Å²) in [5.74, 6) is 1.05. The van der Waals surface area contributed by atoms with E-state index >= 15 is 0 Å². The van der Waals surface area contributed by atoms with Crippen molar-refractivity contribution in [2.45, 2.75) is 57.5 Å². The Morgan fingerprint density at radius 2 is 2.00 bits per heavy atom. The second-order valence-electron chi connectivity index (χ2n) is 5.93. The van der Waals surface area contributed by atoms with Gasteiger partial charge in [-0.2, -0.15) is 0 Å². The lowest BCUT2D eigenvalue weighted by atomic mass is 9.78. The number of hydrogen-bond acceptors (Lipinski definition) is 4. The summed E-state index contributed by atoms with van der Waals surface area (Å²) >= 11 is 0. The lowest BCUT2D eigenvalue weighted by Crippen LogP contribution is -2.49. The third kappa shape index (κ3) is 3.00. The van der Waals surface area contributed by atoms with E-state index < -0.39 is 5.97 Å². The molecule has 0 unspecified atom stereocenters. The molecule has 0 bridgehead atoms. The van der Waals surface area contributed by atoms with Gasteiger partial charge in [-0.05, 0) is 26.8 Å². The third-order valence-electron chi connectivity index (χ3n) is 4.64. The molecular weight excluding hydrogens is 256 g/mol. The van der Waals surface area contributed by atoms with E-state index in [4.69, 9.17) is 0 Å². The molecule has 0 amide bonds. The summed E-state index contributed by atoms with van der Waals surface area (Å²) in [5, 5.41) is 17.5. The van der Waals surface area contributed by atoms with Gasteiger partial charge in [0.25, 0.3) is 0 Å². The molecule has 0 atom stereocenters. The first-order valence-corrected chi connectivity index (χ1v) is 7.22. The van der Waals surface area contributed by atoms with Crippen LogP contribution < -0.4 is 0 Å². The number of hydrogen-bond donors (Lipinski definition) is 1. The first-order valence-electron chi connectivity index (χ1n) is 7.22. The predicted octanol–water partition coefficient (Wildman–Crippen LogP) is 1.73. The molecule has 0 saturated heterocycles. The van der Waals surface area contributed by atoms with Crippen molar-refractivity contribution in [2.24, 2.45) is 7.05 Å². The molecular formula is C14H24N4O2. The largest absolute Gasteiger partial charge is 0.481 e. The minimum Gasteiger partial charge on any atom is -0.481 e. The molecule has 1 N–H and O–H groups in total. The molecule has 1 aliphatic rings. The van der Waals surface area contributed by atoms with Crippen molar-refractivity contribution in [2.75, 3.05) is 7.05 Å². The van der Waals surface area contributed by atoms with Gasteiger partial charge in [-0.15, -0.1) is 10.2 Å². The van der Waals surface area contributed by atoms with Crippen LogP contribution in [-0.2, 0) is 18.4 Å². The highest BCUT2D eigenvalue weighted by Gasteiger charge is 2.38. The number of carboxylic acid groups (broad SMARTS) is 1. The fraction of sp³-hybridized carbons (Fsp3) is 0.786. The molecule has 6 nitrogen and oxygen atoms in total. The van der Waals surface area contributed by atoms with Crippen molar-refractivity contribution in [1.82, 2.24) is 19.7 Å². The molecule has 0 aromatic carbocycles. The summed E-state index contributed by atoms with van der Waals surface area (Å²) in [6.45, 7) is 2.56. The van der Waals surface area contributed by atoms with Gasteiger partial charge in [-0.3, -0.25) is 9.69 Å². The summed E-state index contributed by atoms with van der Waals surface area (Å²) in [6.07, 6.45) is 5.53. The van der Waals surface area contributed by atoms with E-state index in [1.165, 1.54) is 6.42 Å². The van der Waals surface area contributed by atoms with E-state index in [9.17, 15) is 9.90 Å². The zero-order valence-corrected chi connectivity index (χ0v) is 12.6. The summed E-state index contributed by atoms with van der Waals surface area (Å²) in [4.78, 5) is 13.4. The van der Waals surface area contributed by atoms with Crippen LogP contribution in [0.4, 0.5) is 0 Å². The Morgan fingerprint density at radius 1 is 1.35 bits per heavy atom. The van der Waals surface area contributed by atoms with E-state index in [1.807, 2.05) is 25.6 Å². The topological polar surface area (TPSA) is 71.2 Å². The number of aromatic nitrogens is 3. The Bertz CT molecular complexity index is 478. The molecule has 1 aromatic rings. The van der Waals surface area contributed by atoms with Crippen LogP contribution in [0.3, 0.4) is 0 Å². The average Bonchev–Trinajstić information content (AvgIpc) is 2.71. The smallest absolute Gasteiger partial charge is 0.305 e. The molecule has 112 valence electrons. The van der Waals surface area contributed by atoms with Gasteiger partial charge in [-0.25, -0.2) is 0 Å². The van der Waals surface area contributed by atoms with Gasteiger partial charge in [0.15, 0.2) is 0 Å². The van der Waals surface area contributed by atoms with Crippen molar-refractivity contribution >= 4 is 5.97 Å². The van der Waals surface area contributed by atoms with Gasteiger partial charge in [0.2, 0.25) is 0 Å². The summed E-state index contributed by atoms with van der Waals surface area (Å²) in [5.41, 5.74) is -0.232. The zero-order valence-electron chi connectivity index (χ0n) is 12.6. The summed E-state index contributed by atoms with van der Waals surface area (Å²) in [7, 11) is 3.96. The van der Waals surface area contributed by atoms with Crippen molar-refractivity contribution in [3.05, 3.63) is 11.6 Å². The minimum absolute atomic E-state index is 0.209. The highest BCUT2D eigenvalue weighted by atomic mass is 16.4. The molecule has 1 aliphatic carbocycles. The number of carboxylic acids is 1. The molecule has 2 rings (SSSR count). The van der Waals surface area contributed by atoms with Crippen LogP contribution in [0.2, 0.25) is 0 Å². The fourth-order valence-electron chi connectivity index (χ4n) is 3.15. The molecule has 20 heavy (non-hydrogen) atoms. The van der Waals surface area contributed by atoms with Crippen LogP contribution in [0.1, 0.15) is 50.2 Å². The SMILES string of the molecule is Cc1nnc(CN(C)C2(CC(=O)O)CCCCC2)n1C. The van der Waals surface area contributed by atoms with Crippen LogP contribution in [-0.4, -0.2) is 43.3 Å². The number of rotatable bonds is 5. The Hall–Kier alpha value is -1.43. The Labute approximate surface area is 119 Å². The number of nitrogens with zero attached hydrogens (tertiary/aromatic N) is 4. The van der Waals surface area contributed by atoms with Gasteiger partial charge in [0.1, 0.15) is 11.6 Å². The molecule has 1 fully saturated rings. The highest BCUT2D eigenvalue weighted by Crippen LogP contribution is 2.36. The monoisotopic (exact) mass is 280 g/mol.